The van der Waals surface area contributed by atoms with Crippen molar-refractivity contribution >= 4 is 5.91 Å². The van der Waals surface area contributed by atoms with E-state index >= 15 is 0 Å². The number of tetrazole rings is 1. The molecule has 0 radical (unpaired) electrons. The van der Waals surface area contributed by atoms with Crippen molar-refractivity contribution < 1.29 is 18.0 Å². The van der Waals surface area contributed by atoms with E-state index in [0.717, 1.165) is 10.9 Å². The van der Waals surface area contributed by atoms with E-state index in [1.165, 1.54) is 18.2 Å². The average Bonchev–Trinajstić information content (AvgIpc) is 3.14. The number of nitrogens with zero attached hydrogens (tertiary/aromatic N) is 4. The van der Waals surface area contributed by atoms with Crippen LogP contribution in [0.3, 0.4) is 0 Å². The fourth-order valence-corrected chi connectivity index (χ4v) is 2.88. The Hall–Kier alpha value is -3.23. The van der Waals surface area contributed by atoms with Gasteiger partial charge in [-0.2, -0.15) is 18.0 Å². The summed E-state index contributed by atoms with van der Waals surface area (Å²) in [6.07, 6.45) is -4.47. The van der Waals surface area contributed by atoms with Gasteiger partial charge in [0, 0.05) is 5.56 Å². The molecule has 0 spiro atoms. The smallest absolute Gasteiger partial charge is 0.342 e. The van der Waals surface area contributed by atoms with Gasteiger partial charge in [0.25, 0.3) is 5.91 Å². The molecule has 1 N–H and O–H groups in total. The summed E-state index contributed by atoms with van der Waals surface area (Å²) >= 11 is 0. The zero-order chi connectivity index (χ0) is 21.0. The van der Waals surface area contributed by atoms with Crippen LogP contribution in [-0.4, -0.2) is 26.1 Å². The van der Waals surface area contributed by atoms with E-state index in [1.54, 1.807) is 24.3 Å². The lowest BCUT2D eigenvalue weighted by atomic mass is 10.0. The van der Waals surface area contributed by atoms with Gasteiger partial charge in [-0.25, -0.2) is 0 Å². The molecule has 0 bridgehead atoms. The van der Waals surface area contributed by atoms with Gasteiger partial charge >= 0.3 is 6.18 Å². The Morgan fingerprint density at radius 1 is 1.07 bits per heavy atom. The van der Waals surface area contributed by atoms with Crippen LogP contribution >= 0.6 is 0 Å². The van der Waals surface area contributed by atoms with Gasteiger partial charge in [-0.05, 0) is 34.9 Å². The van der Waals surface area contributed by atoms with E-state index in [2.05, 4.69) is 20.7 Å². The number of benzene rings is 2. The Bertz CT molecular complexity index is 970. The van der Waals surface area contributed by atoms with Gasteiger partial charge in [0.05, 0.1) is 18.2 Å². The number of rotatable bonds is 6. The Morgan fingerprint density at radius 3 is 2.38 bits per heavy atom. The van der Waals surface area contributed by atoms with Crippen molar-refractivity contribution in [2.24, 2.45) is 5.92 Å². The molecule has 0 saturated heterocycles. The topological polar surface area (TPSA) is 72.7 Å². The van der Waals surface area contributed by atoms with Gasteiger partial charge in [-0.15, -0.1) is 10.2 Å². The van der Waals surface area contributed by atoms with Crippen molar-refractivity contribution in [3.8, 4) is 0 Å². The zero-order valence-corrected chi connectivity index (χ0v) is 15.9. The van der Waals surface area contributed by atoms with Crippen LogP contribution in [0.5, 0.6) is 0 Å². The molecule has 3 rings (SSSR count). The molecule has 0 aliphatic rings. The number of hydrogen-bond acceptors (Lipinski definition) is 4. The first-order chi connectivity index (χ1) is 13.8. The second kappa shape index (κ2) is 8.42. The lowest BCUT2D eigenvalue weighted by Gasteiger charge is -2.19. The maximum absolute atomic E-state index is 13.2. The molecule has 0 fully saturated rings. The molecule has 6 nitrogen and oxygen atoms in total. The highest BCUT2D eigenvalue weighted by atomic mass is 19.4. The molecule has 2 aromatic carbocycles. The first-order valence-corrected chi connectivity index (χ1v) is 9.04. The summed E-state index contributed by atoms with van der Waals surface area (Å²) in [5.41, 5.74) is -0.209. The SMILES string of the molecule is CC(C)C(NC(=O)c1ccccc1)c1nnn(Cc2ccccc2C(F)(F)F)n1. The van der Waals surface area contributed by atoms with Gasteiger partial charge < -0.3 is 5.32 Å². The molecule has 0 aliphatic carbocycles. The average molecular weight is 403 g/mol. The minimum Gasteiger partial charge on any atom is -0.342 e. The van der Waals surface area contributed by atoms with Gasteiger partial charge in [0.2, 0.25) is 0 Å². The summed E-state index contributed by atoms with van der Waals surface area (Å²) in [6.45, 7) is 3.59. The van der Waals surface area contributed by atoms with Gasteiger partial charge in [-0.1, -0.05) is 50.2 Å². The van der Waals surface area contributed by atoms with Crippen molar-refractivity contribution in [3.63, 3.8) is 0 Å². The van der Waals surface area contributed by atoms with Crippen LogP contribution in [0.2, 0.25) is 0 Å². The number of halogens is 3. The van der Waals surface area contributed by atoms with Crippen molar-refractivity contribution in [2.75, 3.05) is 0 Å². The van der Waals surface area contributed by atoms with Gasteiger partial charge in [0.15, 0.2) is 5.82 Å². The predicted molar refractivity (Wildman–Crippen MR) is 99.9 cm³/mol. The third-order valence-corrected chi connectivity index (χ3v) is 4.37. The van der Waals surface area contributed by atoms with Crippen LogP contribution in [0.1, 0.15) is 47.2 Å². The molecule has 0 aliphatic heterocycles. The normalized spacial score (nSPS) is 12.8. The van der Waals surface area contributed by atoms with E-state index < -0.39 is 17.8 Å². The zero-order valence-electron chi connectivity index (χ0n) is 15.9. The fourth-order valence-electron chi connectivity index (χ4n) is 2.88. The molecule has 1 heterocycles. The molecule has 1 atom stereocenters. The standard InChI is InChI=1S/C20H20F3N5O/c1-13(2)17(24-19(29)14-8-4-3-5-9-14)18-25-27-28(26-18)12-15-10-6-7-11-16(15)20(21,22)23/h3-11,13,17H,12H2,1-2H3,(H,24,29). The largest absolute Gasteiger partial charge is 0.416 e. The number of hydrogen-bond donors (Lipinski definition) is 1. The highest BCUT2D eigenvalue weighted by molar-refractivity contribution is 5.94. The molecule has 1 unspecified atom stereocenters. The minimum absolute atomic E-state index is 0.0402. The van der Waals surface area contributed by atoms with E-state index in [1.807, 2.05) is 19.9 Å². The van der Waals surface area contributed by atoms with Crippen molar-refractivity contribution in [1.82, 2.24) is 25.5 Å². The maximum Gasteiger partial charge on any atom is 0.416 e. The monoisotopic (exact) mass is 403 g/mol. The number of alkyl halides is 3. The molecule has 152 valence electrons. The Morgan fingerprint density at radius 2 is 1.72 bits per heavy atom. The number of aromatic nitrogens is 4. The molecule has 29 heavy (non-hydrogen) atoms. The van der Waals surface area contributed by atoms with Crippen molar-refractivity contribution in [2.45, 2.75) is 32.6 Å². The Labute approximate surface area is 165 Å². The summed E-state index contributed by atoms with van der Waals surface area (Å²) in [7, 11) is 0. The minimum atomic E-state index is -4.47. The second-order valence-corrected chi connectivity index (χ2v) is 6.89. The van der Waals surface area contributed by atoms with Crippen LogP contribution < -0.4 is 5.32 Å². The van der Waals surface area contributed by atoms with Gasteiger partial charge in [0.1, 0.15) is 0 Å². The molecular weight excluding hydrogens is 383 g/mol. The van der Waals surface area contributed by atoms with Crippen molar-refractivity contribution in [3.05, 3.63) is 77.1 Å². The molecule has 1 aromatic heterocycles. The van der Waals surface area contributed by atoms with E-state index in [-0.39, 0.29) is 29.8 Å². The van der Waals surface area contributed by atoms with Crippen LogP contribution in [0.15, 0.2) is 54.6 Å². The summed E-state index contributed by atoms with van der Waals surface area (Å²) in [6, 6.07) is 13.4. The molecule has 3 aromatic rings. The van der Waals surface area contributed by atoms with Crippen molar-refractivity contribution in [1.29, 1.82) is 0 Å². The first kappa shape index (κ1) is 20.5. The first-order valence-electron chi connectivity index (χ1n) is 9.04. The van der Waals surface area contributed by atoms with Crippen LogP contribution in [0, 0.1) is 5.92 Å². The third kappa shape index (κ3) is 4.98. The Kier molecular flexibility index (Phi) is 5.95. The van der Waals surface area contributed by atoms with Crippen LogP contribution in [0.4, 0.5) is 13.2 Å². The third-order valence-electron chi connectivity index (χ3n) is 4.37. The second-order valence-electron chi connectivity index (χ2n) is 6.89. The van der Waals surface area contributed by atoms with Gasteiger partial charge in [-0.3, -0.25) is 4.79 Å². The number of carbonyl (C=O) groups is 1. The van der Waals surface area contributed by atoms with Crippen LogP contribution in [-0.2, 0) is 12.7 Å². The highest BCUT2D eigenvalue weighted by Crippen LogP contribution is 2.32. The predicted octanol–water partition coefficient (Wildman–Crippen LogP) is 3.87. The number of amides is 1. The summed E-state index contributed by atoms with van der Waals surface area (Å²) < 4.78 is 39.5. The van der Waals surface area contributed by atoms with E-state index in [0.29, 0.717) is 5.56 Å². The molecule has 0 saturated carbocycles. The van der Waals surface area contributed by atoms with E-state index in [9.17, 15) is 18.0 Å². The van der Waals surface area contributed by atoms with Crippen LogP contribution in [0.25, 0.3) is 0 Å². The summed E-state index contributed by atoms with van der Waals surface area (Å²) in [5, 5.41) is 14.9. The number of carbonyl (C=O) groups excluding carboxylic acids is 1. The fraction of sp³-hybridized carbons (Fsp3) is 0.300. The molecule has 1 amide bonds. The maximum atomic E-state index is 13.2. The van der Waals surface area contributed by atoms with E-state index in [4.69, 9.17) is 0 Å². The summed E-state index contributed by atoms with van der Waals surface area (Å²) in [5.74, 6) is -0.0976. The molecular formula is C20H20F3N5O. The lowest BCUT2D eigenvalue weighted by Crippen LogP contribution is -2.32. The molecule has 9 heteroatoms. The number of nitrogens with one attached hydrogen (secondary N) is 1. The summed E-state index contributed by atoms with van der Waals surface area (Å²) in [4.78, 5) is 13.6. The Balaban J connectivity index is 1.80. The quantitative estimate of drug-likeness (QED) is 0.678. The highest BCUT2D eigenvalue weighted by Gasteiger charge is 2.33. The lowest BCUT2D eigenvalue weighted by molar-refractivity contribution is -0.138.